The number of rotatable bonds is 6. The first-order valence-corrected chi connectivity index (χ1v) is 7.47. The van der Waals surface area contributed by atoms with Crippen molar-refractivity contribution in [2.75, 3.05) is 6.54 Å². The molecule has 2 aromatic rings. The number of nitrogens with two attached hydrogens (primary N) is 1. The SMILES string of the molecule is Cc1cc(C(=O)NC(CN)CC(C)C)ccc1-n1cncn1.Cl. The Morgan fingerprint density at radius 1 is 1.39 bits per heavy atom. The lowest BCUT2D eigenvalue weighted by Crippen LogP contribution is -2.41. The first-order chi connectivity index (χ1) is 10.5. The zero-order valence-corrected chi connectivity index (χ0v) is 14.5. The minimum absolute atomic E-state index is 0. The van der Waals surface area contributed by atoms with E-state index in [1.807, 2.05) is 19.1 Å². The van der Waals surface area contributed by atoms with Crippen LogP contribution >= 0.6 is 12.4 Å². The third-order valence-corrected chi connectivity index (χ3v) is 3.50. The number of halogens is 1. The summed E-state index contributed by atoms with van der Waals surface area (Å²) in [7, 11) is 0. The molecule has 1 amide bonds. The molecule has 0 aliphatic heterocycles. The number of benzene rings is 1. The summed E-state index contributed by atoms with van der Waals surface area (Å²) in [6.07, 6.45) is 3.99. The number of aryl methyl sites for hydroxylation is 1. The summed E-state index contributed by atoms with van der Waals surface area (Å²) in [6, 6.07) is 5.53. The van der Waals surface area contributed by atoms with E-state index in [1.165, 1.54) is 6.33 Å². The van der Waals surface area contributed by atoms with Crippen molar-refractivity contribution in [1.29, 1.82) is 0 Å². The van der Waals surface area contributed by atoms with Crippen molar-refractivity contribution in [3.63, 3.8) is 0 Å². The Morgan fingerprint density at radius 3 is 2.65 bits per heavy atom. The fourth-order valence-electron chi connectivity index (χ4n) is 2.44. The van der Waals surface area contributed by atoms with E-state index in [4.69, 9.17) is 5.73 Å². The highest BCUT2D eigenvalue weighted by molar-refractivity contribution is 5.94. The molecule has 0 radical (unpaired) electrons. The second-order valence-corrected chi connectivity index (χ2v) is 5.88. The molecule has 0 saturated heterocycles. The van der Waals surface area contributed by atoms with Gasteiger partial charge in [0, 0.05) is 18.2 Å². The molecule has 2 rings (SSSR count). The second-order valence-electron chi connectivity index (χ2n) is 5.88. The van der Waals surface area contributed by atoms with Gasteiger partial charge in [0.1, 0.15) is 12.7 Å². The molecular weight excluding hydrogens is 314 g/mol. The van der Waals surface area contributed by atoms with Crippen molar-refractivity contribution < 1.29 is 4.79 Å². The lowest BCUT2D eigenvalue weighted by molar-refractivity contribution is 0.0933. The summed E-state index contributed by atoms with van der Waals surface area (Å²) in [5.41, 5.74) is 8.23. The number of hydrogen-bond acceptors (Lipinski definition) is 4. The van der Waals surface area contributed by atoms with Crippen molar-refractivity contribution in [2.45, 2.75) is 33.2 Å². The van der Waals surface area contributed by atoms with Gasteiger partial charge in [0.2, 0.25) is 0 Å². The van der Waals surface area contributed by atoms with Crippen molar-refractivity contribution >= 4 is 18.3 Å². The number of hydrogen-bond donors (Lipinski definition) is 2. The smallest absolute Gasteiger partial charge is 0.251 e. The molecule has 1 aromatic carbocycles. The molecule has 1 aromatic heterocycles. The van der Waals surface area contributed by atoms with E-state index in [9.17, 15) is 4.79 Å². The van der Waals surface area contributed by atoms with Crippen LogP contribution in [0.4, 0.5) is 0 Å². The number of nitrogens with one attached hydrogen (secondary N) is 1. The van der Waals surface area contributed by atoms with E-state index in [1.54, 1.807) is 17.1 Å². The highest BCUT2D eigenvalue weighted by Gasteiger charge is 2.15. The molecule has 3 N–H and O–H groups in total. The largest absolute Gasteiger partial charge is 0.348 e. The molecular formula is C16H24ClN5O. The lowest BCUT2D eigenvalue weighted by Gasteiger charge is -2.19. The molecule has 0 saturated carbocycles. The van der Waals surface area contributed by atoms with Crippen LogP contribution in [0.25, 0.3) is 5.69 Å². The third kappa shape index (κ3) is 5.04. The van der Waals surface area contributed by atoms with Crippen LogP contribution in [0.3, 0.4) is 0 Å². The van der Waals surface area contributed by atoms with Gasteiger partial charge in [0.05, 0.1) is 5.69 Å². The van der Waals surface area contributed by atoms with Gasteiger partial charge in [-0.05, 0) is 43.0 Å². The molecule has 1 atom stereocenters. The third-order valence-electron chi connectivity index (χ3n) is 3.50. The predicted octanol–water partition coefficient (Wildman–Crippen LogP) is 2.10. The standard InChI is InChI=1S/C16H23N5O.ClH/c1-11(2)6-14(8-17)20-16(22)13-4-5-15(12(3)7-13)21-10-18-9-19-21;/h4-5,7,9-11,14H,6,8,17H2,1-3H3,(H,20,22);1H. The monoisotopic (exact) mass is 337 g/mol. The van der Waals surface area contributed by atoms with Gasteiger partial charge < -0.3 is 11.1 Å². The van der Waals surface area contributed by atoms with Crippen LogP contribution in [0.5, 0.6) is 0 Å². The van der Waals surface area contributed by atoms with E-state index in [0.717, 1.165) is 17.7 Å². The molecule has 0 spiro atoms. The zero-order valence-electron chi connectivity index (χ0n) is 13.7. The molecule has 0 aliphatic rings. The number of carbonyl (C=O) groups is 1. The summed E-state index contributed by atoms with van der Waals surface area (Å²) in [4.78, 5) is 16.3. The molecule has 0 fully saturated rings. The Balaban J connectivity index is 0.00000264. The molecule has 0 aliphatic carbocycles. The maximum Gasteiger partial charge on any atom is 0.251 e. The van der Waals surface area contributed by atoms with Crippen molar-refractivity contribution in [3.8, 4) is 5.69 Å². The minimum atomic E-state index is -0.0932. The number of nitrogens with zero attached hydrogens (tertiary/aromatic N) is 3. The Hall–Kier alpha value is -1.92. The highest BCUT2D eigenvalue weighted by atomic mass is 35.5. The molecule has 0 bridgehead atoms. The second kappa shape index (κ2) is 8.64. The van der Waals surface area contributed by atoms with Crippen LogP contribution < -0.4 is 11.1 Å². The van der Waals surface area contributed by atoms with E-state index in [0.29, 0.717) is 18.0 Å². The fraction of sp³-hybridized carbons (Fsp3) is 0.438. The van der Waals surface area contributed by atoms with Crippen LogP contribution in [0.2, 0.25) is 0 Å². The van der Waals surface area contributed by atoms with Gasteiger partial charge in [0.15, 0.2) is 0 Å². The van der Waals surface area contributed by atoms with Crippen LogP contribution in [-0.2, 0) is 0 Å². The Labute approximate surface area is 142 Å². The summed E-state index contributed by atoms with van der Waals surface area (Å²) >= 11 is 0. The average Bonchev–Trinajstić information content (AvgIpc) is 2.99. The molecule has 6 nitrogen and oxygen atoms in total. The van der Waals surface area contributed by atoms with Crippen LogP contribution in [0, 0.1) is 12.8 Å². The topological polar surface area (TPSA) is 85.8 Å². The van der Waals surface area contributed by atoms with Crippen LogP contribution in [-0.4, -0.2) is 33.3 Å². The van der Waals surface area contributed by atoms with Gasteiger partial charge >= 0.3 is 0 Å². The van der Waals surface area contributed by atoms with Gasteiger partial charge in [-0.25, -0.2) is 9.67 Å². The summed E-state index contributed by atoms with van der Waals surface area (Å²) in [5, 5.41) is 7.10. The van der Waals surface area contributed by atoms with Crippen molar-refractivity contribution in [1.82, 2.24) is 20.1 Å². The minimum Gasteiger partial charge on any atom is -0.348 e. The zero-order chi connectivity index (χ0) is 16.1. The van der Waals surface area contributed by atoms with E-state index >= 15 is 0 Å². The first-order valence-electron chi connectivity index (χ1n) is 7.47. The molecule has 1 heterocycles. The maximum absolute atomic E-state index is 12.3. The molecule has 1 unspecified atom stereocenters. The average molecular weight is 338 g/mol. The number of amides is 1. The van der Waals surface area contributed by atoms with Crippen molar-refractivity contribution in [2.24, 2.45) is 11.7 Å². The van der Waals surface area contributed by atoms with E-state index < -0.39 is 0 Å². The number of aromatic nitrogens is 3. The highest BCUT2D eigenvalue weighted by Crippen LogP contribution is 2.15. The molecule has 126 valence electrons. The summed E-state index contributed by atoms with van der Waals surface area (Å²) < 4.78 is 1.68. The fourth-order valence-corrected chi connectivity index (χ4v) is 2.44. The molecule has 23 heavy (non-hydrogen) atoms. The predicted molar refractivity (Wildman–Crippen MR) is 93.1 cm³/mol. The van der Waals surface area contributed by atoms with Gasteiger partial charge in [0.25, 0.3) is 5.91 Å². The lowest BCUT2D eigenvalue weighted by atomic mass is 10.0. The van der Waals surface area contributed by atoms with Gasteiger partial charge in [-0.1, -0.05) is 13.8 Å². The van der Waals surface area contributed by atoms with E-state index in [-0.39, 0.29) is 24.4 Å². The van der Waals surface area contributed by atoms with Crippen LogP contribution in [0.15, 0.2) is 30.9 Å². The van der Waals surface area contributed by atoms with Gasteiger partial charge in [-0.15, -0.1) is 12.4 Å². The quantitative estimate of drug-likeness (QED) is 0.845. The summed E-state index contributed by atoms with van der Waals surface area (Å²) in [5.74, 6) is 0.398. The first kappa shape index (κ1) is 19.1. The van der Waals surface area contributed by atoms with Crippen LogP contribution in [0.1, 0.15) is 36.2 Å². The normalized spacial score (nSPS) is 11.9. The number of carbonyl (C=O) groups excluding carboxylic acids is 1. The Bertz CT molecular complexity index is 627. The van der Waals surface area contributed by atoms with Gasteiger partial charge in [-0.2, -0.15) is 5.10 Å². The molecule has 7 heteroatoms. The Kier molecular flexibility index (Phi) is 7.19. The van der Waals surface area contributed by atoms with E-state index in [2.05, 4.69) is 29.2 Å². The summed E-state index contributed by atoms with van der Waals surface area (Å²) in [6.45, 7) is 6.63. The Morgan fingerprint density at radius 2 is 2.13 bits per heavy atom. The van der Waals surface area contributed by atoms with Crippen molar-refractivity contribution in [3.05, 3.63) is 42.0 Å². The van der Waals surface area contributed by atoms with Gasteiger partial charge in [-0.3, -0.25) is 4.79 Å². The maximum atomic E-state index is 12.3.